The van der Waals surface area contributed by atoms with Crippen LogP contribution in [0.4, 0.5) is 0 Å². The first-order chi connectivity index (χ1) is 12.7. The van der Waals surface area contributed by atoms with Gasteiger partial charge in [-0.2, -0.15) is 0 Å². The molecule has 0 bridgehead atoms. The van der Waals surface area contributed by atoms with Gasteiger partial charge in [0.25, 0.3) is 20.0 Å². The van der Waals surface area contributed by atoms with E-state index in [0.717, 1.165) is 0 Å². The highest BCUT2D eigenvalue weighted by atomic mass is 32.3. The van der Waals surface area contributed by atoms with Gasteiger partial charge in [0, 0.05) is 5.56 Å². The highest BCUT2D eigenvalue weighted by molar-refractivity contribution is 8.04. The van der Waals surface area contributed by atoms with Crippen molar-refractivity contribution in [1.29, 1.82) is 0 Å². The van der Waals surface area contributed by atoms with Crippen LogP contribution in [0.3, 0.4) is 0 Å². The maximum atomic E-state index is 12.8. The molecule has 0 aliphatic carbocycles. The summed E-state index contributed by atoms with van der Waals surface area (Å²) in [6.07, 6.45) is 0.487. The molecule has 9 heteroatoms. The van der Waals surface area contributed by atoms with Crippen molar-refractivity contribution in [3.05, 3.63) is 72.0 Å². The van der Waals surface area contributed by atoms with E-state index in [1.54, 1.807) is 23.2 Å². The number of aryl methyl sites for hydroxylation is 1. The number of furan rings is 1. The maximum absolute atomic E-state index is 12.8. The first-order valence-electron chi connectivity index (χ1n) is 7.73. The Labute approximate surface area is 156 Å². The van der Waals surface area contributed by atoms with Crippen LogP contribution in [-0.2, 0) is 20.0 Å². The zero-order chi connectivity index (χ0) is 19.7. The van der Waals surface area contributed by atoms with E-state index in [1.165, 1.54) is 48.5 Å². The van der Waals surface area contributed by atoms with Crippen LogP contribution in [0.15, 0.2) is 74.9 Å². The summed E-state index contributed by atoms with van der Waals surface area (Å²) in [5.41, 5.74) is 0.810. The lowest BCUT2D eigenvalue weighted by Gasteiger charge is -2.11. The summed E-state index contributed by atoms with van der Waals surface area (Å²) in [6.45, 7) is 1.70. The van der Waals surface area contributed by atoms with Crippen molar-refractivity contribution in [3.63, 3.8) is 0 Å². The number of carbonyl (C=O) groups is 1. The summed E-state index contributed by atoms with van der Waals surface area (Å²) in [7, 11) is -8.75. The Kier molecular flexibility index (Phi) is 5.01. The van der Waals surface area contributed by atoms with Gasteiger partial charge in [-0.05, 0) is 48.9 Å². The molecular weight excluding hydrogens is 390 g/mol. The third-order valence-electron chi connectivity index (χ3n) is 3.70. The van der Waals surface area contributed by atoms with Gasteiger partial charge < -0.3 is 4.42 Å². The highest BCUT2D eigenvalue weighted by Gasteiger charge is 2.27. The van der Waals surface area contributed by atoms with Crippen LogP contribution >= 0.6 is 0 Å². The van der Waals surface area contributed by atoms with Gasteiger partial charge in [-0.25, -0.2) is 16.8 Å². The molecule has 0 fully saturated rings. The van der Waals surface area contributed by atoms with Crippen molar-refractivity contribution >= 4 is 26.3 Å². The van der Waals surface area contributed by atoms with E-state index in [2.05, 4.69) is 0 Å². The number of hydrogen-bond acceptors (Lipinski definition) is 6. The minimum atomic E-state index is -4.44. The molecule has 7 nitrogen and oxygen atoms in total. The Morgan fingerprint density at radius 2 is 1.63 bits per heavy atom. The van der Waals surface area contributed by atoms with Gasteiger partial charge in [-0.3, -0.25) is 4.79 Å². The molecule has 3 rings (SSSR count). The number of benzene rings is 2. The topological polar surface area (TPSA) is 111 Å². The number of nitrogens with one attached hydrogen (secondary N) is 1. The summed E-state index contributed by atoms with van der Waals surface area (Å²) in [5, 5.41) is 0. The fourth-order valence-electron chi connectivity index (χ4n) is 2.49. The van der Waals surface area contributed by atoms with E-state index < -0.39 is 20.0 Å². The molecule has 2 aromatic carbocycles. The van der Waals surface area contributed by atoms with Crippen LogP contribution in [0.25, 0.3) is 11.3 Å². The average molecular weight is 405 g/mol. The summed E-state index contributed by atoms with van der Waals surface area (Å²) >= 11 is 0. The molecule has 0 saturated carbocycles. The molecule has 140 valence electrons. The van der Waals surface area contributed by atoms with E-state index in [4.69, 9.17) is 4.42 Å². The predicted molar refractivity (Wildman–Crippen MR) is 98.2 cm³/mol. The molecule has 0 spiro atoms. The second-order valence-corrected chi connectivity index (χ2v) is 9.31. The summed E-state index contributed by atoms with van der Waals surface area (Å²) in [6, 6.07) is 14.5. The van der Waals surface area contributed by atoms with Gasteiger partial charge in [-0.15, -0.1) is 4.13 Å². The summed E-state index contributed by atoms with van der Waals surface area (Å²) in [4.78, 5) is 10.4. The molecule has 0 saturated heterocycles. The van der Waals surface area contributed by atoms with Gasteiger partial charge in [-0.1, -0.05) is 24.3 Å². The zero-order valence-electron chi connectivity index (χ0n) is 14.1. The predicted octanol–water partition coefficient (Wildman–Crippen LogP) is 2.73. The molecular formula is C18H15NO6S2. The van der Waals surface area contributed by atoms with E-state index in [-0.39, 0.29) is 26.9 Å². The average Bonchev–Trinajstić information content (AvgIpc) is 3.10. The normalized spacial score (nSPS) is 12.0. The van der Waals surface area contributed by atoms with Crippen molar-refractivity contribution in [2.24, 2.45) is 0 Å². The third kappa shape index (κ3) is 4.00. The second-order valence-electron chi connectivity index (χ2n) is 5.72. The van der Waals surface area contributed by atoms with Crippen molar-refractivity contribution in [1.82, 2.24) is 4.13 Å². The van der Waals surface area contributed by atoms with Gasteiger partial charge in [0.2, 0.25) is 0 Å². The Bertz CT molecular complexity index is 1210. The molecule has 0 amide bonds. The number of aldehydes is 1. The molecule has 0 aliphatic heterocycles. The Morgan fingerprint density at radius 1 is 0.889 bits per heavy atom. The summed E-state index contributed by atoms with van der Waals surface area (Å²) < 4.78 is 57.6. The first kappa shape index (κ1) is 19.0. The van der Waals surface area contributed by atoms with Gasteiger partial charge >= 0.3 is 0 Å². The standard InChI is InChI=1S/C18H15NO6S2/c1-13-5-4-6-15(11-13)26(21,22)19-27(23,24)18-8-3-2-7-16(18)17-10-9-14(12-20)25-17/h2-12,19H,1H3. The Balaban J connectivity index is 2.04. The van der Waals surface area contributed by atoms with Gasteiger partial charge in [0.15, 0.2) is 12.0 Å². The van der Waals surface area contributed by atoms with Crippen molar-refractivity contribution in [2.75, 3.05) is 0 Å². The molecule has 0 unspecified atom stereocenters. The SMILES string of the molecule is Cc1cccc(S(=O)(=O)NS(=O)(=O)c2ccccc2-c2ccc(C=O)o2)c1. The lowest BCUT2D eigenvalue weighted by atomic mass is 10.2. The third-order valence-corrected chi connectivity index (χ3v) is 7.27. The molecule has 1 heterocycles. The van der Waals surface area contributed by atoms with Gasteiger partial charge in [0.05, 0.1) is 9.79 Å². The quantitative estimate of drug-likeness (QED) is 0.632. The molecule has 1 aromatic heterocycles. The summed E-state index contributed by atoms with van der Waals surface area (Å²) in [5.74, 6) is 0.156. The van der Waals surface area contributed by atoms with Crippen molar-refractivity contribution < 1.29 is 26.0 Å². The number of carbonyl (C=O) groups excluding carboxylic acids is 1. The van der Waals surface area contributed by atoms with E-state index >= 15 is 0 Å². The number of hydrogen-bond donors (Lipinski definition) is 1. The van der Waals surface area contributed by atoms with E-state index in [0.29, 0.717) is 11.8 Å². The van der Waals surface area contributed by atoms with Crippen LogP contribution in [0, 0.1) is 6.92 Å². The second kappa shape index (κ2) is 7.10. The van der Waals surface area contributed by atoms with Crippen LogP contribution < -0.4 is 4.13 Å². The van der Waals surface area contributed by atoms with E-state index in [1.807, 2.05) is 0 Å². The largest absolute Gasteiger partial charge is 0.453 e. The Hall–Kier alpha value is -2.75. The highest BCUT2D eigenvalue weighted by Crippen LogP contribution is 2.29. The van der Waals surface area contributed by atoms with E-state index in [9.17, 15) is 21.6 Å². The molecule has 1 N–H and O–H groups in total. The lowest BCUT2D eigenvalue weighted by Crippen LogP contribution is -2.31. The molecule has 3 aromatic rings. The van der Waals surface area contributed by atoms with Gasteiger partial charge in [0.1, 0.15) is 5.76 Å². The monoisotopic (exact) mass is 405 g/mol. The molecule has 0 aliphatic rings. The fourth-order valence-corrected chi connectivity index (χ4v) is 5.70. The van der Waals surface area contributed by atoms with Crippen molar-refractivity contribution in [2.45, 2.75) is 16.7 Å². The first-order valence-corrected chi connectivity index (χ1v) is 10.7. The molecule has 0 radical (unpaired) electrons. The molecule has 0 atom stereocenters. The smallest absolute Gasteiger partial charge is 0.254 e. The number of sulfonamides is 2. The maximum Gasteiger partial charge on any atom is 0.254 e. The van der Waals surface area contributed by atoms with Crippen LogP contribution in [-0.4, -0.2) is 23.1 Å². The fraction of sp³-hybridized carbons (Fsp3) is 0.0556. The van der Waals surface area contributed by atoms with Crippen LogP contribution in [0.2, 0.25) is 0 Å². The molecule has 27 heavy (non-hydrogen) atoms. The number of rotatable bonds is 6. The minimum Gasteiger partial charge on any atom is -0.453 e. The van der Waals surface area contributed by atoms with Crippen LogP contribution in [0.1, 0.15) is 16.1 Å². The van der Waals surface area contributed by atoms with Crippen molar-refractivity contribution in [3.8, 4) is 11.3 Å². The lowest BCUT2D eigenvalue weighted by molar-refractivity contribution is 0.110. The van der Waals surface area contributed by atoms with Crippen LogP contribution in [0.5, 0.6) is 0 Å². The zero-order valence-corrected chi connectivity index (χ0v) is 15.7. The Morgan fingerprint density at radius 3 is 2.30 bits per heavy atom. The minimum absolute atomic E-state index is 0.0255.